The summed E-state index contributed by atoms with van der Waals surface area (Å²) in [5.74, 6) is 1.90. The summed E-state index contributed by atoms with van der Waals surface area (Å²) >= 11 is 0. The first-order valence-corrected chi connectivity index (χ1v) is 9.88. The fourth-order valence-electron chi connectivity index (χ4n) is 3.82. The zero-order chi connectivity index (χ0) is 19.3. The molecule has 0 bridgehead atoms. The number of benzene rings is 2. The number of likely N-dealkylation sites (N-methyl/N-ethyl adjacent to an activating group) is 1. The Bertz CT molecular complexity index is 905. The van der Waals surface area contributed by atoms with E-state index in [-0.39, 0.29) is 11.9 Å². The van der Waals surface area contributed by atoms with E-state index in [1.165, 1.54) is 5.56 Å². The normalized spacial score (nSPS) is 17.6. The van der Waals surface area contributed by atoms with Crippen LogP contribution in [0.15, 0.2) is 77.2 Å². The fraction of sp³-hybridized carbons (Fsp3) is 0.292. The van der Waals surface area contributed by atoms with Gasteiger partial charge in [0.15, 0.2) is 0 Å². The summed E-state index contributed by atoms with van der Waals surface area (Å²) in [6.45, 7) is 2.55. The standard InChI is InChI=1S/C24H26N2O2/c1-25-16-17-26(22(18-25)19-8-4-2-5-9-19)24(27)15-13-21-12-14-23(28-21)20-10-6-3-7-11-20/h2-12,14,22H,13,15-18H2,1H3. The molecule has 4 rings (SSSR count). The van der Waals surface area contributed by atoms with Gasteiger partial charge < -0.3 is 14.2 Å². The molecule has 1 fully saturated rings. The number of piperazine rings is 1. The Balaban J connectivity index is 1.42. The van der Waals surface area contributed by atoms with Crippen molar-refractivity contribution in [3.05, 3.63) is 84.1 Å². The van der Waals surface area contributed by atoms with Gasteiger partial charge in [-0.3, -0.25) is 4.79 Å². The van der Waals surface area contributed by atoms with Gasteiger partial charge in [0.1, 0.15) is 11.5 Å². The van der Waals surface area contributed by atoms with E-state index in [2.05, 4.69) is 24.1 Å². The molecule has 0 radical (unpaired) electrons. The van der Waals surface area contributed by atoms with Gasteiger partial charge >= 0.3 is 0 Å². The van der Waals surface area contributed by atoms with Gasteiger partial charge in [-0.2, -0.15) is 0 Å². The van der Waals surface area contributed by atoms with Gasteiger partial charge in [0.25, 0.3) is 0 Å². The number of nitrogens with zero attached hydrogens (tertiary/aromatic N) is 2. The Morgan fingerprint density at radius 1 is 0.964 bits per heavy atom. The van der Waals surface area contributed by atoms with Crippen LogP contribution in [0.3, 0.4) is 0 Å². The molecule has 144 valence electrons. The maximum Gasteiger partial charge on any atom is 0.223 e. The van der Waals surface area contributed by atoms with Crippen molar-refractivity contribution >= 4 is 5.91 Å². The molecule has 28 heavy (non-hydrogen) atoms. The second-order valence-electron chi connectivity index (χ2n) is 7.41. The van der Waals surface area contributed by atoms with Crippen LogP contribution in [0.2, 0.25) is 0 Å². The van der Waals surface area contributed by atoms with Crippen LogP contribution < -0.4 is 0 Å². The van der Waals surface area contributed by atoms with Crippen molar-refractivity contribution in [3.63, 3.8) is 0 Å². The predicted molar refractivity (Wildman–Crippen MR) is 111 cm³/mol. The van der Waals surface area contributed by atoms with Crippen LogP contribution in [-0.2, 0) is 11.2 Å². The van der Waals surface area contributed by atoms with E-state index in [1.54, 1.807) is 0 Å². The zero-order valence-electron chi connectivity index (χ0n) is 16.3. The van der Waals surface area contributed by atoms with E-state index in [0.717, 1.165) is 36.7 Å². The maximum absolute atomic E-state index is 13.0. The third-order valence-corrected chi connectivity index (χ3v) is 5.39. The molecule has 1 aliphatic heterocycles. The second kappa shape index (κ2) is 8.44. The van der Waals surface area contributed by atoms with Crippen LogP contribution in [-0.4, -0.2) is 42.4 Å². The molecule has 2 aromatic carbocycles. The van der Waals surface area contributed by atoms with E-state index in [1.807, 2.05) is 65.6 Å². The number of hydrogen-bond acceptors (Lipinski definition) is 3. The average molecular weight is 374 g/mol. The topological polar surface area (TPSA) is 36.7 Å². The molecule has 0 aliphatic carbocycles. The highest BCUT2D eigenvalue weighted by Gasteiger charge is 2.29. The summed E-state index contributed by atoms with van der Waals surface area (Å²) < 4.78 is 5.96. The number of rotatable bonds is 5. The lowest BCUT2D eigenvalue weighted by Crippen LogP contribution is -2.49. The van der Waals surface area contributed by atoms with Crippen LogP contribution in [0.5, 0.6) is 0 Å². The van der Waals surface area contributed by atoms with Gasteiger partial charge in [0.05, 0.1) is 6.04 Å². The second-order valence-corrected chi connectivity index (χ2v) is 7.41. The van der Waals surface area contributed by atoms with Gasteiger partial charge in [0, 0.05) is 38.0 Å². The number of carbonyl (C=O) groups is 1. The number of furan rings is 1. The number of hydrogen-bond donors (Lipinski definition) is 0. The monoisotopic (exact) mass is 374 g/mol. The minimum absolute atomic E-state index is 0.115. The average Bonchev–Trinajstić information content (AvgIpc) is 3.22. The van der Waals surface area contributed by atoms with Crippen LogP contribution in [0.1, 0.15) is 23.8 Å². The Morgan fingerprint density at radius 3 is 2.43 bits per heavy atom. The van der Waals surface area contributed by atoms with Gasteiger partial charge in [-0.25, -0.2) is 0 Å². The third kappa shape index (κ3) is 4.18. The summed E-state index contributed by atoms with van der Waals surface area (Å²) in [7, 11) is 2.12. The molecule has 4 heteroatoms. The van der Waals surface area contributed by atoms with Crippen LogP contribution in [0, 0.1) is 0 Å². The van der Waals surface area contributed by atoms with E-state index in [0.29, 0.717) is 12.8 Å². The Kier molecular flexibility index (Phi) is 5.58. The molecule has 1 amide bonds. The highest BCUT2D eigenvalue weighted by Crippen LogP contribution is 2.27. The maximum atomic E-state index is 13.0. The van der Waals surface area contributed by atoms with E-state index in [4.69, 9.17) is 4.42 Å². The van der Waals surface area contributed by atoms with Crippen molar-refractivity contribution in [1.82, 2.24) is 9.80 Å². The number of aryl methyl sites for hydroxylation is 1. The van der Waals surface area contributed by atoms with Crippen molar-refractivity contribution in [2.45, 2.75) is 18.9 Å². The highest BCUT2D eigenvalue weighted by molar-refractivity contribution is 5.77. The Morgan fingerprint density at radius 2 is 1.68 bits per heavy atom. The largest absolute Gasteiger partial charge is 0.461 e. The summed E-state index contributed by atoms with van der Waals surface area (Å²) in [4.78, 5) is 17.3. The molecule has 1 aliphatic rings. The van der Waals surface area contributed by atoms with Crippen molar-refractivity contribution in [3.8, 4) is 11.3 Å². The van der Waals surface area contributed by atoms with E-state index in [9.17, 15) is 4.79 Å². The molecule has 0 N–H and O–H groups in total. The highest BCUT2D eigenvalue weighted by atomic mass is 16.3. The summed E-state index contributed by atoms with van der Waals surface area (Å²) in [6.07, 6.45) is 1.09. The molecular formula is C24H26N2O2. The minimum atomic E-state index is 0.115. The molecule has 1 atom stereocenters. The SMILES string of the molecule is CN1CCN(C(=O)CCc2ccc(-c3ccccc3)o2)C(c2ccccc2)C1. The quantitative estimate of drug-likeness (QED) is 0.664. The molecule has 1 aromatic heterocycles. The van der Waals surface area contributed by atoms with Crippen LogP contribution in [0.4, 0.5) is 0 Å². The Labute approximate surface area is 166 Å². The first kappa shape index (κ1) is 18.5. The smallest absolute Gasteiger partial charge is 0.223 e. The molecular weight excluding hydrogens is 348 g/mol. The molecule has 1 unspecified atom stereocenters. The Hall–Kier alpha value is -2.85. The van der Waals surface area contributed by atoms with E-state index < -0.39 is 0 Å². The van der Waals surface area contributed by atoms with Gasteiger partial charge in [0.2, 0.25) is 5.91 Å². The molecule has 0 spiro atoms. The third-order valence-electron chi connectivity index (χ3n) is 5.39. The fourth-order valence-corrected chi connectivity index (χ4v) is 3.82. The summed E-state index contributed by atoms with van der Waals surface area (Å²) in [5.41, 5.74) is 2.26. The number of carbonyl (C=O) groups excluding carboxylic acids is 1. The lowest BCUT2D eigenvalue weighted by Gasteiger charge is -2.40. The van der Waals surface area contributed by atoms with Crippen molar-refractivity contribution in [2.24, 2.45) is 0 Å². The zero-order valence-corrected chi connectivity index (χ0v) is 16.3. The lowest BCUT2D eigenvalue weighted by atomic mass is 10.0. The summed E-state index contributed by atoms with van der Waals surface area (Å²) in [5, 5.41) is 0. The van der Waals surface area contributed by atoms with Crippen molar-refractivity contribution in [2.75, 3.05) is 26.7 Å². The van der Waals surface area contributed by atoms with Crippen molar-refractivity contribution in [1.29, 1.82) is 0 Å². The van der Waals surface area contributed by atoms with Crippen LogP contribution in [0.25, 0.3) is 11.3 Å². The summed E-state index contributed by atoms with van der Waals surface area (Å²) in [6, 6.07) is 24.5. The first-order chi connectivity index (χ1) is 13.7. The molecule has 4 nitrogen and oxygen atoms in total. The minimum Gasteiger partial charge on any atom is -0.461 e. The van der Waals surface area contributed by atoms with Crippen LogP contribution >= 0.6 is 0 Å². The number of amides is 1. The van der Waals surface area contributed by atoms with Crippen molar-refractivity contribution < 1.29 is 9.21 Å². The molecule has 1 saturated heterocycles. The molecule has 2 heterocycles. The van der Waals surface area contributed by atoms with Gasteiger partial charge in [-0.1, -0.05) is 60.7 Å². The lowest BCUT2D eigenvalue weighted by molar-refractivity contribution is -0.136. The van der Waals surface area contributed by atoms with Gasteiger partial charge in [-0.15, -0.1) is 0 Å². The first-order valence-electron chi connectivity index (χ1n) is 9.88. The van der Waals surface area contributed by atoms with E-state index >= 15 is 0 Å². The molecule has 3 aromatic rings. The van der Waals surface area contributed by atoms with Gasteiger partial charge in [-0.05, 0) is 24.7 Å². The molecule has 0 saturated carbocycles. The predicted octanol–water partition coefficient (Wildman–Crippen LogP) is 4.39.